The van der Waals surface area contributed by atoms with Gasteiger partial charge in [-0.2, -0.15) is 0 Å². The third-order valence-electron chi connectivity index (χ3n) is 3.23. The topological polar surface area (TPSA) is 47.9 Å². The van der Waals surface area contributed by atoms with Crippen LogP contribution in [0.25, 0.3) is 0 Å². The highest BCUT2D eigenvalue weighted by molar-refractivity contribution is 5.51. The lowest BCUT2D eigenvalue weighted by Crippen LogP contribution is -2.00. The minimum absolute atomic E-state index is 0.0538. The summed E-state index contributed by atoms with van der Waals surface area (Å²) in [5.74, 6) is 2.07. The quantitative estimate of drug-likeness (QED) is 0.734. The fourth-order valence-electron chi connectivity index (χ4n) is 2.11. The van der Waals surface area contributed by atoms with Crippen molar-refractivity contribution in [2.45, 2.75) is 45.6 Å². The summed E-state index contributed by atoms with van der Waals surface area (Å²) in [5.41, 5.74) is 0.748. The average molecular weight is 266 g/mol. The molecule has 0 bridgehead atoms. The highest BCUT2D eigenvalue weighted by atomic mass is 16.7. The van der Waals surface area contributed by atoms with Crippen molar-refractivity contribution >= 4 is 0 Å². The van der Waals surface area contributed by atoms with Crippen LogP contribution in [-0.2, 0) is 6.61 Å². The molecule has 4 nitrogen and oxygen atoms in total. The zero-order valence-electron chi connectivity index (χ0n) is 11.5. The molecule has 0 fully saturated rings. The Bertz CT molecular complexity index is 403. The van der Waals surface area contributed by atoms with E-state index in [1.807, 2.05) is 0 Å². The first-order chi connectivity index (χ1) is 9.35. The van der Waals surface area contributed by atoms with Gasteiger partial charge in [0.05, 0.1) is 13.2 Å². The smallest absolute Gasteiger partial charge is 0.231 e. The van der Waals surface area contributed by atoms with Gasteiger partial charge in [0.1, 0.15) is 5.75 Å². The summed E-state index contributed by atoms with van der Waals surface area (Å²) in [6.07, 6.45) is 6.02. The predicted molar refractivity (Wildman–Crippen MR) is 72.7 cm³/mol. The molecule has 0 amide bonds. The van der Waals surface area contributed by atoms with E-state index in [9.17, 15) is 5.11 Å². The summed E-state index contributed by atoms with van der Waals surface area (Å²) in [6.45, 7) is 3.06. The number of benzene rings is 1. The summed E-state index contributed by atoms with van der Waals surface area (Å²) >= 11 is 0. The molecule has 4 heteroatoms. The van der Waals surface area contributed by atoms with Crippen LogP contribution in [0.5, 0.6) is 17.2 Å². The molecule has 0 aromatic heterocycles. The van der Waals surface area contributed by atoms with Crippen molar-refractivity contribution < 1.29 is 19.3 Å². The highest BCUT2D eigenvalue weighted by Gasteiger charge is 2.17. The molecule has 106 valence electrons. The van der Waals surface area contributed by atoms with E-state index in [0.29, 0.717) is 23.9 Å². The predicted octanol–water partition coefficient (Wildman–Crippen LogP) is 3.26. The lowest BCUT2D eigenvalue weighted by atomic mass is 10.1. The monoisotopic (exact) mass is 266 g/mol. The number of fused-ring (bicyclic) bond motifs is 1. The third-order valence-corrected chi connectivity index (χ3v) is 3.23. The Morgan fingerprint density at radius 1 is 1.11 bits per heavy atom. The molecule has 19 heavy (non-hydrogen) atoms. The highest BCUT2D eigenvalue weighted by Crippen LogP contribution is 2.38. The van der Waals surface area contributed by atoms with Gasteiger partial charge >= 0.3 is 0 Å². The molecular weight excluding hydrogens is 244 g/mol. The van der Waals surface area contributed by atoms with Gasteiger partial charge in [0.15, 0.2) is 11.5 Å². The molecule has 1 aliphatic rings. The molecule has 0 saturated carbocycles. The van der Waals surface area contributed by atoms with Crippen molar-refractivity contribution in [3.8, 4) is 17.2 Å². The molecule has 0 spiro atoms. The van der Waals surface area contributed by atoms with Gasteiger partial charge in [0, 0.05) is 11.6 Å². The number of aliphatic hydroxyl groups is 1. The Morgan fingerprint density at radius 2 is 1.84 bits per heavy atom. The fourth-order valence-corrected chi connectivity index (χ4v) is 2.11. The van der Waals surface area contributed by atoms with E-state index < -0.39 is 0 Å². The zero-order chi connectivity index (χ0) is 13.5. The van der Waals surface area contributed by atoms with Crippen LogP contribution in [0.1, 0.15) is 44.6 Å². The van der Waals surface area contributed by atoms with Crippen LogP contribution in [-0.4, -0.2) is 18.5 Å². The lowest BCUT2D eigenvalue weighted by Gasteiger charge is -2.11. The van der Waals surface area contributed by atoms with E-state index in [2.05, 4.69) is 6.92 Å². The maximum absolute atomic E-state index is 9.35. The molecule has 1 aromatic rings. The van der Waals surface area contributed by atoms with Gasteiger partial charge in [0.25, 0.3) is 0 Å². The van der Waals surface area contributed by atoms with Crippen molar-refractivity contribution in [3.05, 3.63) is 17.7 Å². The maximum Gasteiger partial charge on any atom is 0.231 e. The van der Waals surface area contributed by atoms with Gasteiger partial charge in [-0.15, -0.1) is 0 Å². The van der Waals surface area contributed by atoms with Gasteiger partial charge in [-0.05, 0) is 12.5 Å². The van der Waals surface area contributed by atoms with Gasteiger partial charge in [-0.1, -0.05) is 32.6 Å². The van der Waals surface area contributed by atoms with Crippen molar-refractivity contribution in [3.63, 3.8) is 0 Å². The van der Waals surface area contributed by atoms with E-state index in [0.717, 1.165) is 12.0 Å². The summed E-state index contributed by atoms with van der Waals surface area (Å²) in [6, 6.07) is 3.59. The van der Waals surface area contributed by atoms with Crippen LogP contribution in [0, 0.1) is 0 Å². The second-order valence-corrected chi connectivity index (χ2v) is 4.73. The zero-order valence-corrected chi connectivity index (χ0v) is 11.5. The molecule has 0 saturated heterocycles. The first-order valence-corrected chi connectivity index (χ1v) is 7.01. The van der Waals surface area contributed by atoms with E-state index in [1.165, 1.54) is 25.7 Å². The van der Waals surface area contributed by atoms with Crippen LogP contribution in [0.15, 0.2) is 12.1 Å². The molecule has 1 N–H and O–H groups in total. The Hall–Kier alpha value is -1.42. The number of unbranched alkanes of at least 4 members (excludes halogenated alkanes) is 4. The second kappa shape index (κ2) is 7.24. The summed E-state index contributed by atoms with van der Waals surface area (Å²) < 4.78 is 16.3. The van der Waals surface area contributed by atoms with Crippen molar-refractivity contribution in [2.75, 3.05) is 13.4 Å². The van der Waals surface area contributed by atoms with Crippen LogP contribution in [0.2, 0.25) is 0 Å². The van der Waals surface area contributed by atoms with Gasteiger partial charge in [0.2, 0.25) is 6.79 Å². The number of hydrogen-bond acceptors (Lipinski definition) is 4. The first-order valence-electron chi connectivity index (χ1n) is 7.01. The van der Waals surface area contributed by atoms with Crippen LogP contribution in [0.3, 0.4) is 0 Å². The second-order valence-electron chi connectivity index (χ2n) is 4.73. The van der Waals surface area contributed by atoms with Crippen LogP contribution >= 0.6 is 0 Å². The summed E-state index contributed by atoms with van der Waals surface area (Å²) in [5, 5.41) is 9.35. The first kappa shape index (κ1) is 14.0. The van der Waals surface area contributed by atoms with Gasteiger partial charge in [-0.3, -0.25) is 0 Å². The Morgan fingerprint density at radius 3 is 2.58 bits per heavy atom. The Balaban J connectivity index is 1.85. The van der Waals surface area contributed by atoms with Crippen LogP contribution in [0.4, 0.5) is 0 Å². The minimum atomic E-state index is -0.0538. The minimum Gasteiger partial charge on any atom is -0.493 e. The maximum atomic E-state index is 9.35. The number of aliphatic hydroxyl groups excluding tert-OH is 1. The molecule has 0 atom stereocenters. The van der Waals surface area contributed by atoms with E-state index in [1.54, 1.807) is 12.1 Å². The molecule has 0 radical (unpaired) electrons. The van der Waals surface area contributed by atoms with E-state index in [4.69, 9.17) is 14.2 Å². The molecule has 0 aliphatic carbocycles. The number of hydrogen-bond donors (Lipinski definition) is 1. The molecule has 1 aromatic carbocycles. The lowest BCUT2D eigenvalue weighted by molar-refractivity contribution is 0.173. The Labute approximate surface area is 114 Å². The molecule has 2 rings (SSSR count). The fraction of sp³-hybridized carbons (Fsp3) is 0.600. The number of ether oxygens (including phenoxy) is 3. The van der Waals surface area contributed by atoms with Crippen molar-refractivity contribution in [2.24, 2.45) is 0 Å². The van der Waals surface area contributed by atoms with E-state index in [-0.39, 0.29) is 13.4 Å². The van der Waals surface area contributed by atoms with Gasteiger partial charge < -0.3 is 19.3 Å². The molecule has 1 aliphatic heterocycles. The van der Waals surface area contributed by atoms with Crippen LogP contribution < -0.4 is 14.2 Å². The van der Waals surface area contributed by atoms with Crippen molar-refractivity contribution in [1.29, 1.82) is 0 Å². The van der Waals surface area contributed by atoms with E-state index >= 15 is 0 Å². The third kappa shape index (κ3) is 3.77. The normalized spacial score (nSPS) is 12.7. The molecule has 1 heterocycles. The summed E-state index contributed by atoms with van der Waals surface area (Å²) in [4.78, 5) is 0. The van der Waals surface area contributed by atoms with Crippen molar-refractivity contribution in [1.82, 2.24) is 0 Å². The molecular formula is C15H22O4. The standard InChI is InChI=1S/C15H22O4/c1-2-3-4-5-6-7-17-13-9-15-14(18-11-19-15)8-12(13)10-16/h8-9,16H,2-7,10-11H2,1H3. The largest absolute Gasteiger partial charge is 0.493 e. The summed E-state index contributed by atoms with van der Waals surface area (Å²) in [7, 11) is 0. The van der Waals surface area contributed by atoms with Gasteiger partial charge in [-0.25, -0.2) is 0 Å². The SMILES string of the molecule is CCCCCCCOc1cc2c(cc1CO)OCO2. The average Bonchev–Trinajstić information content (AvgIpc) is 2.88. The molecule has 0 unspecified atom stereocenters. The number of rotatable bonds is 8. The Kier molecular flexibility index (Phi) is 5.33.